The number of aliphatic carboxylic acids is 1. The Balaban J connectivity index is 2.24. The fourth-order valence-electron chi connectivity index (χ4n) is 2.72. The lowest BCUT2D eigenvalue weighted by Crippen LogP contribution is -2.30. The van der Waals surface area contributed by atoms with Crippen molar-refractivity contribution in [3.05, 3.63) is 29.3 Å². The molecule has 1 aromatic carbocycles. The van der Waals surface area contributed by atoms with Gasteiger partial charge in [-0.15, -0.1) is 0 Å². The molecule has 1 aliphatic heterocycles. The van der Waals surface area contributed by atoms with Gasteiger partial charge in [-0.25, -0.2) is 0 Å². The maximum atomic E-state index is 13.2. The van der Waals surface area contributed by atoms with Crippen LogP contribution in [0.5, 0.6) is 0 Å². The summed E-state index contributed by atoms with van der Waals surface area (Å²) in [6.07, 6.45) is -4.03. The molecular weight excluding hydrogens is 353 g/mol. The number of hydrogen-bond acceptors (Lipinski definition) is 3. The Morgan fingerprint density at radius 3 is 2.54 bits per heavy atom. The van der Waals surface area contributed by atoms with Gasteiger partial charge in [-0.3, -0.25) is 14.4 Å². The summed E-state index contributed by atoms with van der Waals surface area (Å²) in [5.74, 6) is -2.44. The number of rotatable bonds is 6. The zero-order valence-corrected chi connectivity index (χ0v) is 14.1. The lowest BCUT2D eigenvalue weighted by atomic mass is 10.1. The van der Waals surface area contributed by atoms with Crippen molar-refractivity contribution >= 4 is 23.5 Å². The maximum absolute atomic E-state index is 13.2. The van der Waals surface area contributed by atoms with Crippen LogP contribution in [0.2, 0.25) is 0 Å². The van der Waals surface area contributed by atoms with Crippen LogP contribution in [-0.2, 0) is 15.8 Å². The fraction of sp³-hybridized carbons (Fsp3) is 0.471. The summed E-state index contributed by atoms with van der Waals surface area (Å²) in [4.78, 5) is 35.9. The topological polar surface area (TPSA) is 86.7 Å². The molecule has 142 valence electrons. The van der Waals surface area contributed by atoms with Crippen molar-refractivity contribution in [3.63, 3.8) is 0 Å². The van der Waals surface area contributed by atoms with Crippen LogP contribution in [0.1, 0.15) is 42.1 Å². The minimum absolute atomic E-state index is 0.0133. The number of carbonyl (C=O) groups is 3. The van der Waals surface area contributed by atoms with E-state index < -0.39 is 23.6 Å². The Hall–Kier alpha value is -2.58. The zero-order chi connectivity index (χ0) is 19.5. The first kappa shape index (κ1) is 19.7. The molecule has 1 aliphatic rings. The first-order chi connectivity index (χ1) is 12.1. The molecule has 2 rings (SSSR count). The Bertz CT molecular complexity index is 718. The number of nitrogens with zero attached hydrogens (tertiary/aromatic N) is 1. The lowest BCUT2D eigenvalue weighted by Gasteiger charge is -2.19. The predicted molar refractivity (Wildman–Crippen MR) is 86.8 cm³/mol. The van der Waals surface area contributed by atoms with Gasteiger partial charge in [0.25, 0.3) is 5.91 Å². The van der Waals surface area contributed by atoms with Crippen molar-refractivity contribution < 1.29 is 32.7 Å². The Morgan fingerprint density at radius 2 is 2.00 bits per heavy atom. The van der Waals surface area contributed by atoms with E-state index in [-0.39, 0.29) is 42.5 Å². The lowest BCUT2D eigenvalue weighted by molar-refractivity contribution is -0.138. The fourth-order valence-corrected chi connectivity index (χ4v) is 2.72. The number of anilines is 1. The number of benzene rings is 1. The molecule has 0 saturated carbocycles. The van der Waals surface area contributed by atoms with E-state index >= 15 is 0 Å². The van der Waals surface area contributed by atoms with Gasteiger partial charge in [-0.05, 0) is 30.5 Å². The van der Waals surface area contributed by atoms with Gasteiger partial charge < -0.3 is 15.3 Å². The van der Waals surface area contributed by atoms with E-state index in [0.717, 1.165) is 12.1 Å². The summed E-state index contributed by atoms with van der Waals surface area (Å²) in [5.41, 5.74) is -1.21. The van der Waals surface area contributed by atoms with E-state index in [9.17, 15) is 27.6 Å². The van der Waals surface area contributed by atoms with Gasteiger partial charge in [-0.1, -0.05) is 6.92 Å². The number of hydrogen-bond donors (Lipinski definition) is 2. The summed E-state index contributed by atoms with van der Waals surface area (Å²) in [5, 5.41) is 11.1. The standard InChI is InChI=1S/C17H19F3N2O4/c1-10(5-15(24)25)9-21-16(26)11-6-12(17(18,19)20)8-13(7-11)22-4-2-3-14(22)23/h6-8,10H,2-5,9H2,1H3,(H,21,26)(H,24,25). The van der Waals surface area contributed by atoms with E-state index in [4.69, 9.17) is 5.11 Å². The molecule has 0 bridgehead atoms. The molecule has 26 heavy (non-hydrogen) atoms. The summed E-state index contributed by atoms with van der Waals surface area (Å²) in [6, 6.07) is 2.82. The minimum atomic E-state index is -4.66. The van der Waals surface area contributed by atoms with E-state index in [0.29, 0.717) is 13.0 Å². The molecular formula is C17H19F3N2O4. The summed E-state index contributed by atoms with van der Waals surface area (Å²) in [7, 11) is 0. The van der Waals surface area contributed by atoms with Crippen LogP contribution < -0.4 is 10.2 Å². The molecule has 1 fully saturated rings. The molecule has 1 aromatic rings. The third-order valence-electron chi connectivity index (χ3n) is 4.03. The highest BCUT2D eigenvalue weighted by Gasteiger charge is 2.33. The van der Waals surface area contributed by atoms with Gasteiger partial charge >= 0.3 is 12.1 Å². The van der Waals surface area contributed by atoms with Crippen LogP contribution in [0, 0.1) is 5.92 Å². The average molecular weight is 372 g/mol. The van der Waals surface area contributed by atoms with Crippen molar-refractivity contribution in [1.29, 1.82) is 0 Å². The monoisotopic (exact) mass is 372 g/mol. The van der Waals surface area contributed by atoms with Crippen LogP contribution in [0.15, 0.2) is 18.2 Å². The molecule has 1 saturated heterocycles. The number of carboxylic acids is 1. The Labute approximate surface area is 148 Å². The third-order valence-corrected chi connectivity index (χ3v) is 4.03. The van der Waals surface area contributed by atoms with E-state index in [1.807, 2.05) is 0 Å². The van der Waals surface area contributed by atoms with Gasteiger partial charge in [0.15, 0.2) is 0 Å². The van der Waals surface area contributed by atoms with Gasteiger partial charge in [0, 0.05) is 37.2 Å². The van der Waals surface area contributed by atoms with Crippen molar-refractivity contribution in [2.45, 2.75) is 32.4 Å². The molecule has 0 aromatic heterocycles. The summed E-state index contributed by atoms with van der Waals surface area (Å²) >= 11 is 0. The second-order valence-corrected chi connectivity index (χ2v) is 6.33. The first-order valence-corrected chi connectivity index (χ1v) is 8.10. The number of halogens is 3. The molecule has 0 aliphatic carbocycles. The molecule has 2 amide bonds. The summed E-state index contributed by atoms with van der Waals surface area (Å²) in [6.45, 7) is 1.92. The van der Waals surface area contributed by atoms with Crippen LogP contribution in [0.4, 0.5) is 18.9 Å². The van der Waals surface area contributed by atoms with Gasteiger partial charge in [0.2, 0.25) is 5.91 Å². The second-order valence-electron chi connectivity index (χ2n) is 6.33. The quantitative estimate of drug-likeness (QED) is 0.804. The Kier molecular flexibility index (Phi) is 5.89. The SMILES string of the molecule is CC(CNC(=O)c1cc(N2CCCC2=O)cc(C(F)(F)F)c1)CC(=O)O. The molecule has 6 nitrogen and oxygen atoms in total. The normalized spacial score (nSPS) is 15.8. The second kappa shape index (κ2) is 7.76. The van der Waals surface area contributed by atoms with E-state index in [2.05, 4.69) is 5.32 Å². The van der Waals surface area contributed by atoms with Gasteiger partial charge in [0.1, 0.15) is 0 Å². The number of alkyl halides is 3. The molecule has 0 radical (unpaired) electrons. The van der Waals surface area contributed by atoms with Crippen molar-refractivity contribution in [2.24, 2.45) is 5.92 Å². The average Bonchev–Trinajstić information content (AvgIpc) is 2.96. The predicted octanol–water partition coefficient (Wildman–Crippen LogP) is 2.67. The molecule has 2 N–H and O–H groups in total. The number of carbonyl (C=O) groups excluding carboxylic acids is 2. The number of nitrogens with one attached hydrogen (secondary N) is 1. The van der Waals surface area contributed by atoms with Crippen LogP contribution in [-0.4, -0.2) is 36.0 Å². The zero-order valence-electron chi connectivity index (χ0n) is 14.1. The molecule has 0 spiro atoms. The van der Waals surface area contributed by atoms with Crippen molar-refractivity contribution in [1.82, 2.24) is 5.32 Å². The highest BCUT2D eigenvalue weighted by Crippen LogP contribution is 2.34. The van der Waals surface area contributed by atoms with E-state index in [1.54, 1.807) is 6.92 Å². The first-order valence-electron chi connectivity index (χ1n) is 8.10. The van der Waals surface area contributed by atoms with Crippen LogP contribution >= 0.6 is 0 Å². The van der Waals surface area contributed by atoms with Crippen molar-refractivity contribution in [2.75, 3.05) is 18.0 Å². The molecule has 1 unspecified atom stereocenters. The minimum Gasteiger partial charge on any atom is -0.481 e. The van der Waals surface area contributed by atoms with Gasteiger partial charge in [0.05, 0.1) is 5.56 Å². The molecule has 1 heterocycles. The van der Waals surface area contributed by atoms with E-state index in [1.165, 1.54) is 11.0 Å². The summed E-state index contributed by atoms with van der Waals surface area (Å²) < 4.78 is 39.5. The smallest absolute Gasteiger partial charge is 0.416 e. The van der Waals surface area contributed by atoms with Crippen LogP contribution in [0.25, 0.3) is 0 Å². The number of amides is 2. The maximum Gasteiger partial charge on any atom is 0.416 e. The number of carboxylic acid groups (broad SMARTS) is 1. The largest absolute Gasteiger partial charge is 0.481 e. The third kappa shape index (κ3) is 4.96. The van der Waals surface area contributed by atoms with Crippen molar-refractivity contribution in [3.8, 4) is 0 Å². The Morgan fingerprint density at radius 1 is 1.31 bits per heavy atom. The highest BCUT2D eigenvalue weighted by atomic mass is 19.4. The van der Waals surface area contributed by atoms with Gasteiger partial charge in [-0.2, -0.15) is 13.2 Å². The highest BCUT2D eigenvalue weighted by molar-refractivity contribution is 5.99. The molecule has 9 heteroatoms. The molecule has 1 atom stereocenters. The van der Waals surface area contributed by atoms with Crippen LogP contribution in [0.3, 0.4) is 0 Å².